The Morgan fingerprint density at radius 1 is 0.952 bits per heavy atom. The van der Waals surface area contributed by atoms with Gasteiger partial charge in [0.1, 0.15) is 0 Å². The molecule has 0 bridgehead atoms. The summed E-state index contributed by atoms with van der Waals surface area (Å²) in [5.41, 5.74) is 0.415. The second-order valence-corrected chi connectivity index (χ2v) is 6.58. The SMILES string of the molecule is O=C(Nc1ccc(Cl)cc1)NS(=O)(=O)c1cccc(Cl)c1. The van der Waals surface area contributed by atoms with Crippen molar-refractivity contribution in [2.24, 2.45) is 0 Å². The summed E-state index contributed by atoms with van der Waals surface area (Å²) in [6.07, 6.45) is 0. The highest BCUT2D eigenvalue weighted by atomic mass is 35.5. The topological polar surface area (TPSA) is 75.3 Å². The molecular formula is C13H10Cl2N2O3S. The normalized spacial score (nSPS) is 11.0. The summed E-state index contributed by atoms with van der Waals surface area (Å²) in [6, 6.07) is 11.0. The van der Waals surface area contributed by atoms with E-state index in [9.17, 15) is 13.2 Å². The minimum atomic E-state index is -3.98. The van der Waals surface area contributed by atoms with E-state index in [1.165, 1.54) is 24.3 Å². The first-order valence-electron chi connectivity index (χ1n) is 5.72. The number of hydrogen-bond acceptors (Lipinski definition) is 3. The molecule has 0 unspecified atom stereocenters. The molecule has 0 saturated carbocycles. The van der Waals surface area contributed by atoms with Gasteiger partial charge in [0.05, 0.1) is 4.90 Å². The minimum absolute atomic E-state index is 0.0961. The lowest BCUT2D eigenvalue weighted by molar-refractivity contribution is 0.256. The van der Waals surface area contributed by atoms with Crippen LogP contribution in [0.3, 0.4) is 0 Å². The summed E-state index contributed by atoms with van der Waals surface area (Å²) >= 11 is 11.4. The summed E-state index contributed by atoms with van der Waals surface area (Å²) in [5, 5.41) is 3.16. The van der Waals surface area contributed by atoms with Crippen LogP contribution in [0.5, 0.6) is 0 Å². The molecule has 2 aromatic rings. The van der Waals surface area contributed by atoms with Crippen molar-refractivity contribution in [3.63, 3.8) is 0 Å². The highest BCUT2D eigenvalue weighted by Gasteiger charge is 2.17. The molecule has 0 spiro atoms. The van der Waals surface area contributed by atoms with Gasteiger partial charge in [-0.15, -0.1) is 0 Å². The van der Waals surface area contributed by atoms with Crippen LogP contribution in [0.4, 0.5) is 10.5 Å². The number of anilines is 1. The molecule has 0 aromatic heterocycles. The third-order valence-electron chi connectivity index (χ3n) is 2.44. The average Bonchev–Trinajstić information content (AvgIpc) is 2.41. The summed E-state index contributed by atoms with van der Waals surface area (Å²) < 4.78 is 25.9. The Labute approximate surface area is 131 Å². The van der Waals surface area contributed by atoms with Gasteiger partial charge in [0.2, 0.25) is 0 Å². The van der Waals surface area contributed by atoms with Crippen LogP contribution in [0.2, 0.25) is 10.0 Å². The molecule has 5 nitrogen and oxygen atoms in total. The molecule has 2 N–H and O–H groups in total. The van der Waals surface area contributed by atoms with E-state index >= 15 is 0 Å². The Balaban J connectivity index is 2.09. The monoisotopic (exact) mass is 344 g/mol. The molecule has 110 valence electrons. The maximum Gasteiger partial charge on any atom is 0.333 e. The number of rotatable bonds is 3. The van der Waals surface area contributed by atoms with Crippen molar-refractivity contribution < 1.29 is 13.2 Å². The average molecular weight is 345 g/mol. The minimum Gasteiger partial charge on any atom is -0.307 e. The second kappa shape index (κ2) is 6.34. The summed E-state index contributed by atoms with van der Waals surface area (Å²) in [5.74, 6) is 0. The van der Waals surface area contributed by atoms with E-state index in [1.807, 2.05) is 4.72 Å². The summed E-state index contributed by atoms with van der Waals surface area (Å²) in [4.78, 5) is 11.6. The lowest BCUT2D eigenvalue weighted by Crippen LogP contribution is -2.34. The van der Waals surface area contributed by atoms with E-state index in [2.05, 4.69) is 5.32 Å². The fourth-order valence-corrected chi connectivity index (χ4v) is 2.84. The Hall–Kier alpha value is -1.76. The number of urea groups is 1. The predicted molar refractivity (Wildman–Crippen MR) is 82.2 cm³/mol. The predicted octanol–water partition coefficient (Wildman–Crippen LogP) is 3.50. The first kappa shape index (κ1) is 15.6. The van der Waals surface area contributed by atoms with Crippen molar-refractivity contribution in [2.75, 3.05) is 5.32 Å². The van der Waals surface area contributed by atoms with E-state index in [4.69, 9.17) is 23.2 Å². The van der Waals surface area contributed by atoms with Crippen molar-refractivity contribution in [3.8, 4) is 0 Å². The van der Waals surface area contributed by atoms with Crippen molar-refractivity contribution in [1.29, 1.82) is 0 Å². The van der Waals surface area contributed by atoms with Gasteiger partial charge in [-0.05, 0) is 42.5 Å². The Morgan fingerprint density at radius 3 is 2.24 bits per heavy atom. The van der Waals surface area contributed by atoms with Gasteiger partial charge in [0.15, 0.2) is 0 Å². The van der Waals surface area contributed by atoms with Crippen LogP contribution in [0.25, 0.3) is 0 Å². The molecule has 0 fully saturated rings. The second-order valence-electron chi connectivity index (χ2n) is 4.02. The number of halogens is 2. The van der Waals surface area contributed by atoms with Gasteiger partial charge < -0.3 is 5.32 Å². The maximum absolute atomic E-state index is 12.0. The number of sulfonamides is 1. The van der Waals surface area contributed by atoms with Gasteiger partial charge >= 0.3 is 6.03 Å². The Kier molecular flexibility index (Phi) is 4.72. The van der Waals surface area contributed by atoms with Gasteiger partial charge in [-0.1, -0.05) is 29.3 Å². The lowest BCUT2D eigenvalue weighted by Gasteiger charge is -2.09. The summed E-state index contributed by atoms with van der Waals surface area (Å²) in [6.45, 7) is 0. The maximum atomic E-state index is 12.0. The molecule has 8 heteroatoms. The van der Waals surface area contributed by atoms with Gasteiger partial charge in [-0.25, -0.2) is 17.9 Å². The highest BCUT2D eigenvalue weighted by molar-refractivity contribution is 7.90. The first-order chi connectivity index (χ1) is 9.87. The number of nitrogens with one attached hydrogen (secondary N) is 2. The third-order valence-corrected chi connectivity index (χ3v) is 4.25. The van der Waals surface area contributed by atoms with Gasteiger partial charge in [0.25, 0.3) is 10.0 Å². The molecule has 0 saturated heterocycles. The van der Waals surface area contributed by atoms with Crippen LogP contribution in [0.15, 0.2) is 53.4 Å². The van der Waals surface area contributed by atoms with E-state index < -0.39 is 16.1 Å². The largest absolute Gasteiger partial charge is 0.333 e. The van der Waals surface area contributed by atoms with Crippen LogP contribution in [-0.4, -0.2) is 14.4 Å². The van der Waals surface area contributed by atoms with Crippen LogP contribution >= 0.6 is 23.2 Å². The van der Waals surface area contributed by atoms with Crippen LogP contribution < -0.4 is 10.0 Å². The number of benzene rings is 2. The number of carbonyl (C=O) groups excluding carboxylic acids is 1. The smallest absolute Gasteiger partial charge is 0.307 e. The Morgan fingerprint density at radius 2 is 1.62 bits per heavy atom. The van der Waals surface area contributed by atoms with Gasteiger partial charge in [-0.3, -0.25) is 0 Å². The quantitative estimate of drug-likeness (QED) is 0.894. The van der Waals surface area contributed by atoms with Gasteiger partial charge in [0, 0.05) is 15.7 Å². The van der Waals surface area contributed by atoms with Crippen molar-refractivity contribution >= 4 is 44.9 Å². The molecule has 21 heavy (non-hydrogen) atoms. The van der Waals surface area contributed by atoms with Crippen LogP contribution in [0.1, 0.15) is 0 Å². The lowest BCUT2D eigenvalue weighted by atomic mass is 10.3. The van der Waals surface area contributed by atoms with Crippen LogP contribution in [0, 0.1) is 0 Å². The zero-order valence-corrected chi connectivity index (χ0v) is 12.8. The molecule has 2 aromatic carbocycles. The number of carbonyl (C=O) groups is 1. The van der Waals surface area contributed by atoms with Crippen LogP contribution in [-0.2, 0) is 10.0 Å². The van der Waals surface area contributed by atoms with E-state index in [0.29, 0.717) is 10.7 Å². The molecule has 0 radical (unpaired) electrons. The zero-order chi connectivity index (χ0) is 15.5. The van der Waals surface area contributed by atoms with E-state index in [1.54, 1.807) is 24.3 Å². The highest BCUT2D eigenvalue weighted by Crippen LogP contribution is 2.16. The fourth-order valence-electron chi connectivity index (χ4n) is 1.50. The molecule has 2 amide bonds. The number of amides is 2. The first-order valence-corrected chi connectivity index (χ1v) is 7.96. The molecule has 0 aliphatic rings. The molecular weight excluding hydrogens is 335 g/mol. The molecule has 2 rings (SSSR count). The molecule has 0 atom stereocenters. The van der Waals surface area contributed by atoms with Crippen molar-refractivity contribution in [3.05, 3.63) is 58.6 Å². The third kappa shape index (κ3) is 4.35. The fraction of sp³-hybridized carbons (Fsp3) is 0. The van der Waals surface area contributed by atoms with Crippen molar-refractivity contribution in [2.45, 2.75) is 4.90 Å². The molecule has 0 heterocycles. The van der Waals surface area contributed by atoms with Gasteiger partial charge in [-0.2, -0.15) is 0 Å². The molecule has 0 aliphatic carbocycles. The van der Waals surface area contributed by atoms with Crippen molar-refractivity contribution in [1.82, 2.24) is 4.72 Å². The van der Waals surface area contributed by atoms with E-state index in [-0.39, 0.29) is 9.92 Å². The summed E-state index contributed by atoms with van der Waals surface area (Å²) in [7, 11) is -3.98. The standard InChI is InChI=1S/C13H10Cl2N2O3S/c14-9-4-6-11(7-5-9)16-13(18)17-21(19,20)12-3-1-2-10(15)8-12/h1-8H,(H2,16,17,18). The zero-order valence-electron chi connectivity index (χ0n) is 10.5. The number of hydrogen-bond donors (Lipinski definition) is 2. The molecule has 0 aliphatic heterocycles. The Bertz CT molecular complexity index is 761. The van der Waals surface area contributed by atoms with E-state index in [0.717, 1.165) is 0 Å².